The summed E-state index contributed by atoms with van der Waals surface area (Å²) in [5.74, 6) is -0.125. The molecule has 124 valence electrons. The minimum atomic E-state index is -0.783. The third-order valence-electron chi connectivity index (χ3n) is 4.10. The molecule has 2 aromatic rings. The van der Waals surface area contributed by atoms with Gasteiger partial charge in [-0.05, 0) is 44.0 Å². The van der Waals surface area contributed by atoms with Crippen molar-refractivity contribution in [1.82, 2.24) is 15.1 Å². The Labute approximate surface area is 144 Å². The molecule has 2 N–H and O–H groups in total. The van der Waals surface area contributed by atoms with E-state index in [1.165, 1.54) is 0 Å². The van der Waals surface area contributed by atoms with Crippen LogP contribution in [0.5, 0.6) is 0 Å². The summed E-state index contributed by atoms with van der Waals surface area (Å²) in [5.41, 5.74) is 2.00. The number of benzene rings is 1. The molecule has 5 nitrogen and oxygen atoms in total. The molecule has 0 aliphatic carbocycles. The molecule has 1 amide bonds. The Bertz CT molecular complexity index is 710. The molecule has 0 unspecified atom stereocenters. The van der Waals surface area contributed by atoms with Crippen molar-refractivity contribution in [3.63, 3.8) is 0 Å². The Morgan fingerprint density at radius 3 is 2.70 bits per heavy atom. The molecule has 0 fully saturated rings. The van der Waals surface area contributed by atoms with Crippen molar-refractivity contribution in [1.29, 1.82) is 0 Å². The summed E-state index contributed by atoms with van der Waals surface area (Å²) in [6.07, 6.45) is 0.837. The number of carbonyl (C=O) groups is 1. The van der Waals surface area contributed by atoms with Gasteiger partial charge in [0.1, 0.15) is 6.10 Å². The summed E-state index contributed by atoms with van der Waals surface area (Å²) in [5, 5.41) is 17.0. The quantitative estimate of drug-likeness (QED) is 0.838. The van der Waals surface area contributed by atoms with E-state index in [4.69, 9.17) is 0 Å². The zero-order valence-electron chi connectivity index (χ0n) is 13.8. The first-order valence-corrected chi connectivity index (χ1v) is 8.23. The first-order chi connectivity index (χ1) is 10.7. The molecule has 1 atom stereocenters. The number of aromatic nitrogens is 2. The molecule has 0 aliphatic rings. The van der Waals surface area contributed by atoms with E-state index >= 15 is 0 Å². The zero-order chi connectivity index (χ0) is 17.2. The molecule has 0 saturated carbocycles. The monoisotopic (exact) mass is 379 g/mol. The molecule has 1 aromatic carbocycles. The summed E-state index contributed by atoms with van der Waals surface area (Å²) in [7, 11) is 1.76. The number of nitrogens with one attached hydrogen (secondary N) is 1. The Morgan fingerprint density at radius 1 is 1.43 bits per heavy atom. The second-order valence-electron chi connectivity index (χ2n) is 6.19. The number of aryl methyl sites for hydroxylation is 2. The Kier molecular flexibility index (Phi) is 5.26. The number of nitrogens with zero attached hydrogens (tertiary/aromatic N) is 2. The van der Waals surface area contributed by atoms with Gasteiger partial charge in [0.2, 0.25) is 5.91 Å². The van der Waals surface area contributed by atoms with Crippen molar-refractivity contribution in [3.05, 3.63) is 51.8 Å². The molecular weight excluding hydrogens is 358 g/mol. The summed E-state index contributed by atoms with van der Waals surface area (Å²) in [6, 6.07) is 7.62. The van der Waals surface area contributed by atoms with Crippen molar-refractivity contribution in [2.75, 3.05) is 6.54 Å². The Balaban J connectivity index is 2.06. The van der Waals surface area contributed by atoms with E-state index in [2.05, 4.69) is 26.3 Å². The highest BCUT2D eigenvalue weighted by Crippen LogP contribution is 2.27. The molecule has 1 aromatic heterocycles. The van der Waals surface area contributed by atoms with E-state index < -0.39 is 11.5 Å². The fraction of sp³-hybridized carbons (Fsp3) is 0.412. The van der Waals surface area contributed by atoms with Crippen molar-refractivity contribution in [2.24, 2.45) is 7.05 Å². The fourth-order valence-electron chi connectivity index (χ4n) is 2.39. The minimum Gasteiger partial charge on any atom is -0.385 e. The maximum atomic E-state index is 12.6. The molecule has 0 spiro atoms. The second kappa shape index (κ2) is 6.84. The Morgan fingerprint density at radius 2 is 2.13 bits per heavy atom. The number of amides is 1. The minimum absolute atomic E-state index is 0.125. The van der Waals surface area contributed by atoms with Gasteiger partial charge in [-0.25, -0.2) is 0 Å². The highest BCUT2D eigenvalue weighted by atomic mass is 79.9. The molecule has 0 radical (unpaired) electrons. The zero-order valence-corrected chi connectivity index (χ0v) is 15.4. The van der Waals surface area contributed by atoms with Gasteiger partial charge in [0.05, 0.1) is 11.1 Å². The fourth-order valence-corrected chi connectivity index (χ4v) is 2.64. The highest BCUT2D eigenvalue weighted by Gasteiger charge is 2.30. The predicted molar refractivity (Wildman–Crippen MR) is 93.1 cm³/mol. The lowest BCUT2D eigenvalue weighted by Gasteiger charge is -2.25. The number of hydrogen-bond donors (Lipinski definition) is 2. The SMILES string of the molecule is Cc1cc(C(C)(C)C(=O)NC[C@H](O)c2ccnn2C)ccc1Br. The standard InChI is InChI=1S/C17H22BrN3O2/c1-11-9-12(5-6-13(11)18)17(2,3)16(23)19-10-15(22)14-7-8-20-21(14)4/h5-9,15,22H,10H2,1-4H3,(H,19,23)/t15-/m0/s1. The number of carbonyl (C=O) groups excluding carboxylic acids is 1. The van der Waals surface area contributed by atoms with E-state index in [1.54, 1.807) is 24.0 Å². The van der Waals surface area contributed by atoms with E-state index in [0.29, 0.717) is 5.69 Å². The molecule has 23 heavy (non-hydrogen) atoms. The van der Waals surface area contributed by atoms with E-state index in [0.717, 1.165) is 15.6 Å². The summed E-state index contributed by atoms with van der Waals surface area (Å²) in [4.78, 5) is 12.6. The second-order valence-corrected chi connectivity index (χ2v) is 7.05. The van der Waals surface area contributed by atoms with Crippen LogP contribution in [0.4, 0.5) is 0 Å². The predicted octanol–water partition coefficient (Wildman–Crippen LogP) is 2.62. The number of rotatable bonds is 5. The van der Waals surface area contributed by atoms with Crippen molar-refractivity contribution >= 4 is 21.8 Å². The largest absolute Gasteiger partial charge is 0.385 e. The van der Waals surface area contributed by atoms with Gasteiger partial charge >= 0.3 is 0 Å². The number of halogens is 1. The lowest BCUT2D eigenvalue weighted by atomic mass is 9.83. The Hall–Kier alpha value is -1.66. The lowest BCUT2D eigenvalue weighted by Crippen LogP contribution is -2.42. The number of hydrogen-bond acceptors (Lipinski definition) is 3. The van der Waals surface area contributed by atoms with Crippen molar-refractivity contribution in [3.8, 4) is 0 Å². The van der Waals surface area contributed by atoms with Crippen molar-refractivity contribution in [2.45, 2.75) is 32.3 Å². The van der Waals surface area contributed by atoms with Gasteiger partial charge in [-0.3, -0.25) is 9.48 Å². The van der Waals surface area contributed by atoms with Gasteiger partial charge in [-0.15, -0.1) is 0 Å². The molecular formula is C17H22BrN3O2. The molecule has 6 heteroatoms. The van der Waals surface area contributed by atoms with Gasteiger partial charge in [-0.1, -0.05) is 28.1 Å². The molecule has 0 saturated heterocycles. The van der Waals surface area contributed by atoms with Gasteiger partial charge in [-0.2, -0.15) is 5.10 Å². The maximum absolute atomic E-state index is 12.6. The normalized spacial score (nSPS) is 13.0. The smallest absolute Gasteiger partial charge is 0.230 e. The topological polar surface area (TPSA) is 67.2 Å². The van der Waals surface area contributed by atoms with E-state index in [1.807, 2.05) is 39.0 Å². The third kappa shape index (κ3) is 3.82. The average molecular weight is 380 g/mol. The van der Waals surface area contributed by atoms with Crippen LogP contribution in [0.3, 0.4) is 0 Å². The van der Waals surface area contributed by atoms with Crippen LogP contribution in [0.1, 0.15) is 36.8 Å². The maximum Gasteiger partial charge on any atom is 0.230 e. The van der Waals surface area contributed by atoms with Crippen molar-refractivity contribution < 1.29 is 9.90 Å². The first kappa shape index (κ1) is 17.7. The average Bonchev–Trinajstić information content (AvgIpc) is 2.93. The van der Waals surface area contributed by atoms with Crippen LogP contribution in [0.15, 0.2) is 34.9 Å². The molecule has 0 aliphatic heterocycles. The van der Waals surface area contributed by atoms with Crippen LogP contribution in [0.25, 0.3) is 0 Å². The van der Waals surface area contributed by atoms with Gasteiger partial charge in [0, 0.05) is 24.3 Å². The highest BCUT2D eigenvalue weighted by molar-refractivity contribution is 9.10. The molecule has 2 rings (SSSR count). The van der Waals surface area contributed by atoms with Crippen LogP contribution in [-0.2, 0) is 17.3 Å². The van der Waals surface area contributed by atoms with Crippen LogP contribution >= 0.6 is 15.9 Å². The summed E-state index contributed by atoms with van der Waals surface area (Å²) in [6.45, 7) is 5.90. The third-order valence-corrected chi connectivity index (χ3v) is 4.99. The molecule has 0 bridgehead atoms. The van der Waals surface area contributed by atoms with Gasteiger partial charge in [0.25, 0.3) is 0 Å². The van der Waals surface area contributed by atoms with Gasteiger partial charge < -0.3 is 10.4 Å². The van der Waals surface area contributed by atoms with Crippen LogP contribution in [0.2, 0.25) is 0 Å². The van der Waals surface area contributed by atoms with Crippen LogP contribution < -0.4 is 5.32 Å². The number of aliphatic hydroxyl groups is 1. The number of aliphatic hydroxyl groups excluding tert-OH is 1. The summed E-state index contributed by atoms with van der Waals surface area (Å²) >= 11 is 3.47. The first-order valence-electron chi connectivity index (χ1n) is 7.44. The summed E-state index contributed by atoms with van der Waals surface area (Å²) < 4.78 is 2.61. The lowest BCUT2D eigenvalue weighted by molar-refractivity contribution is -0.126. The van der Waals surface area contributed by atoms with E-state index in [-0.39, 0.29) is 12.5 Å². The van der Waals surface area contributed by atoms with Gasteiger partial charge in [0.15, 0.2) is 0 Å². The van der Waals surface area contributed by atoms with E-state index in [9.17, 15) is 9.90 Å². The van der Waals surface area contributed by atoms with Crippen LogP contribution in [0, 0.1) is 6.92 Å². The molecule has 1 heterocycles. The van der Waals surface area contributed by atoms with Crippen LogP contribution in [-0.4, -0.2) is 27.3 Å².